The highest BCUT2D eigenvalue weighted by Crippen LogP contribution is 1.97. The van der Waals surface area contributed by atoms with Gasteiger partial charge in [0.15, 0.2) is 0 Å². The summed E-state index contributed by atoms with van der Waals surface area (Å²) in [6, 6.07) is 0. The fourth-order valence-electron chi connectivity index (χ4n) is 0.815. The van der Waals surface area contributed by atoms with E-state index < -0.39 is 15.3 Å². The summed E-state index contributed by atoms with van der Waals surface area (Å²) in [4.78, 5) is 2.00. The number of hydrogen-bond donors (Lipinski definition) is 2. The van der Waals surface area contributed by atoms with Crippen molar-refractivity contribution in [2.75, 3.05) is 26.7 Å². The molecule has 0 aliphatic rings. The Kier molecular flexibility index (Phi) is 6.26. The molecule has 0 amide bonds. The molecule has 90 valence electrons. The lowest BCUT2D eigenvalue weighted by Crippen LogP contribution is -2.42. The fourth-order valence-corrected chi connectivity index (χ4v) is 2.13. The molecular formula is C8H19N3O2S2. The van der Waals surface area contributed by atoms with Gasteiger partial charge in [-0.1, -0.05) is 19.1 Å². The van der Waals surface area contributed by atoms with Crippen LogP contribution in [-0.2, 0) is 10.0 Å². The zero-order valence-electron chi connectivity index (χ0n) is 9.36. The maximum atomic E-state index is 11.5. The smallest absolute Gasteiger partial charge is 0.220 e. The molecule has 1 atom stereocenters. The summed E-state index contributed by atoms with van der Waals surface area (Å²) in [6.07, 6.45) is 0. The van der Waals surface area contributed by atoms with E-state index in [9.17, 15) is 8.42 Å². The van der Waals surface area contributed by atoms with Gasteiger partial charge in [0.25, 0.3) is 0 Å². The largest absolute Gasteiger partial charge is 0.392 e. The van der Waals surface area contributed by atoms with Crippen LogP contribution in [0.15, 0.2) is 0 Å². The molecule has 0 rings (SSSR count). The molecule has 0 saturated carbocycles. The number of likely N-dealkylation sites (N-methyl/N-ethyl adjacent to an activating group) is 1. The van der Waals surface area contributed by atoms with Crippen molar-refractivity contribution in [2.45, 2.75) is 19.1 Å². The van der Waals surface area contributed by atoms with Crippen LogP contribution in [0.25, 0.3) is 0 Å². The molecule has 3 N–H and O–H groups in total. The second-order valence-electron chi connectivity index (χ2n) is 3.38. The quantitative estimate of drug-likeness (QED) is 0.600. The summed E-state index contributed by atoms with van der Waals surface area (Å²) < 4.78 is 25.6. The molecule has 0 aromatic heterocycles. The van der Waals surface area contributed by atoms with Crippen LogP contribution in [0.1, 0.15) is 13.8 Å². The average molecular weight is 253 g/mol. The Morgan fingerprint density at radius 2 is 2.13 bits per heavy atom. The van der Waals surface area contributed by atoms with Gasteiger partial charge in [-0.15, -0.1) is 0 Å². The maximum Gasteiger partial charge on any atom is 0.220 e. The van der Waals surface area contributed by atoms with Crippen LogP contribution in [0.4, 0.5) is 0 Å². The van der Waals surface area contributed by atoms with Crippen molar-refractivity contribution in [3.05, 3.63) is 0 Å². The molecule has 0 saturated heterocycles. The van der Waals surface area contributed by atoms with E-state index in [-0.39, 0.29) is 4.99 Å². The van der Waals surface area contributed by atoms with Crippen LogP contribution in [-0.4, -0.2) is 50.2 Å². The monoisotopic (exact) mass is 253 g/mol. The van der Waals surface area contributed by atoms with E-state index in [1.165, 1.54) is 6.92 Å². The molecule has 0 radical (unpaired) electrons. The first-order valence-electron chi connectivity index (χ1n) is 4.77. The molecule has 7 heteroatoms. The van der Waals surface area contributed by atoms with Gasteiger partial charge in [0.1, 0.15) is 5.25 Å². The standard InChI is InChI=1S/C8H19N3O2S2/c1-4-11(3)6-5-10-15(12,13)7(2)8(9)14/h7,10H,4-6H2,1-3H3,(H2,9,14). The Labute approximate surface area is 97.1 Å². The predicted octanol–water partition coefficient (Wildman–Crippen LogP) is -0.468. The van der Waals surface area contributed by atoms with E-state index in [1.54, 1.807) is 0 Å². The maximum absolute atomic E-state index is 11.5. The number of nitrogens with one attached hydrogen (secondary N) is 1. The van der Waals surface area contributed by atoms with Crippen molar-refractivity contribution in [1.29, 1.82) is 0 Å². The van der Waals surface area contributed by atoms with Gasteiger partial charge in [0.05, 0.1) is 4.99 Å². The first-order chi connectivity index (χ1) is 6.81. The van der Waals surface area contributed by atoms with Crippen LogP contribution in [0.3, 0.4) is 0 Å². The molecule has 0 spiro atoms. The Morgan fingerprint density at radius 3 is 2.53 bits per heavy atom. The van der Waals surface area contributed by atoms with E-state index in [0.29, 0.717) is 13.1 Å². The van der Waals surface area contributed by atoms with Gasteiger partial charge in [0.2, 0.25) is 10.0 Å². The number of thiocarbonyl (C=S) groups is 1. The Morgan fingerprint density at radius 1 is 1.60 bits per heavy atom. The van der Waals surface area contributed by atoms with Crippen molar-refractivity contribution in [3.63, 3.8) is 0 Å². The van der Waals surface area contributed by atoms with Crippen LogP contribution < -0.4 is 10.5 Å². The van der Waals surface area contributed by atoms with Gasteiger partial charge in [-0.3, -0.25) is 0 Å². The van der Waals surface area contributed by atoms with E-state index in [2.05, 4.69) is 16.9 Å². The summed E-state index contributed by atoms with van der Waals surface area (Å²) in [5.41, 5.74) is 5.28. The SMILES string of the molecule is CCN(C)CCNS(=O)(=O)C(C)C(N)=S. The lowest BCUT2D eigenvalue weighted by molar-refractivity contribution is 0.358. The minimum absolute atomic E-state index is 0.00801. The van der Waals surface area contributed by atoms with Crippen LogP contribution in [0.5, 0.6) is 0 Å². The van der Waals surface area contributed by atoms with Crippen molar-refractivity contribution < 1.29 is 8.42 Å². The van der Waals surface area contributed by atoms with Gasteiger partial charge in [-0.05, 0) is 20.5 Å². The lowest BCUT2D eigenvalue weighted by Gasteiger charge is -2.16. The molecule has 0 aliphatic heterocycles. The first kappa shape index (κ1) is 14.8. The van der Waals surface area contributed by atoms with E-state index in [4.69, 9.17) is 5.73 Å². The van der Waals surface area contributed by atoms with Crippen LogP contribution >= 0.6 is 12.2 Å². The molecule has 1 unspecified atom stereocenters. The molecule has 0 bridgehead atoms. The lowest BCUT2D eigenvalue weighted by atomic mass is 10.5. The number of hydrogen-bond acceptors (Lipinski definition) is 4. The molecule has 0 aromatic rings. The molecule has 0 heterocycles. The van der Waals surface area contributed by atoms with Gasteiger partial charge in [0, 0.05) is 13.1 Å². The third-order valence-electron chi connectivity index (χ3n) is 2.20. The van der Waals surface area contributed by atoms with Gasteiger partial charge in [-0.25, -0.2) is 13.1 Å². The average Bonchev–Trinajstić information content (AvgIpc) is 2.15. The highest BCUT2D eigenvalue weighted by atomic mass is 32.2. The van der Waals surface area contributed by atoms with E-state index >= 15 is 0 Å². The Hall–Kier alpha value is -0.240. The van der Waals surface area contributed by atoms with Gasteiger partial charge < -0.3 is 10.6 Å². The molecule has 15 heavy (non-hydrogen) atoms. The number of rotatable bonds is 7. The van der Waals surface area contributed by atoms with Crippen molar-refractivity contribution >= 4 is 27.2 Å². The van der Waals surface area contributed by atoms with E-state index in [0.717, 1.165) is 6.54 Å². The van der Waals surface area contributed by atoms with Crippen molar-refractivity contribution in [1.82, 2.24) is 9.62 Å². The second-order valence-corrected chi connectivity index (χ2v) is 5.94. The van der Waals surface area contributed by atoms with Gasteiger partial charge in [-0.2, -0.15) is 0 Å². The second kappa shape index (κ2) is 6.37. The molecular weight excluding hydrogens is 234 g/mol. The number of sulfonamides is 1. The van der Waals surface area contributed by atoms with Crippen molar-refractivity contribution in [3.8, 4) is 0 Å². The van der Waals surface area contributed by atoms with Crippen LogP contribution in [0, 0.1) is 0 Å². The summed E-state index contributed by atoms with van der Waals surface area (Å²) in [5.74, 6) is 0. The Bertz CT molecular complexity index is 303. The molecule has 0 aromatic carbocycles. The normalized spacial score (nSPS) is 14.1. The minimum Gasteiger partial charge on any atom is -0.392 e. The third kappa shape index (κ3) is 5.41. The summed E-state index contributed by atoms with van der Waals surface area (Å²) >= 11 is 4.64. The molecule has 5 nitrogen and oxygen atoms in total. The minimum atomic E-state index is -3.41. The van der Waals surface area contributed by atoms with Gasteiger partial charge >= 0.3 is 0 Å². The number of nitrogens with two attached hydrogens (primary N) is 1. The zero-order valence-corrected chi connectivity index (χ0v) is 11.0. The zero-order chi connectivity index (χ0) is 12.1. The number of nitrogens with zero attached hydrogens (tertiary/aromatic N) is 1. The van der Waals surface area contributed by atoms with Crippen molar-refractivity contribution in [2.24, 2.45) is 5.73 Å². The summed E-state index contributed by atoms with van der Waals surface area (Å²) in [6.45, 7) is 5.41. The predicted molar refractivity (Wildman–Crippen MR) is 66.3 cm³/mol. The highest BCUT2D eigenvalue weighted by Gasteiger charge is 2.22. The third-order valence-corrected chi connectivity index (χ3v) is 4.50. The fraction of sp³-hybridized carbons (Fsp3) is 0.875. The van der Waals surface area contributed by atoms with Crippen LogP contribution in [0.2, 0.25) is 0 Å². The van der Waals surface area contributed by atoms with E-state index in [1.807, 2.05) is 18.9 Å². The summed E-state index contributed by atoms with van der Waals surface area (Å²) in [7, 11) is -1.48. The highest BCUT2D eigenvalue weighted by molar-refractivity contribution is 7.93. The topological polar surface area (TPSA) is 75.4 Å². The molecule has 0 aliphatic carbocycles. The molecule has 0 fully saturated rings. The summed E-state index contributed by atoms with van der Waals surface area (Å²) in [5, 5.41) is -0.820. The first-order valence-corrected chi connectivity index (χ1v) is 6.73. The Balaban J connectivity index is 4.12.